The standard InChI is InChI=1S/C18H17N3O4S/c1-9-5-4-6-12(7-9)21-13(22)8-25-18(24)15-10(2)14-16(23)19-11(3)20-17(14)26-15/h4-7H,8H2,1-3H3,(H,21,22)(H,19,20,23). The Balaban J connectivity index is 1.71. The van der Waals surface area contributed by atoms with Crippen molar-refractivity contribution >= 4 is 39.1 Å². The molecule has 0 aliphatic carbocycles. The molecule has 1 aromatic carbocycles. The van der Waals surface area contributed by atoms with Gasteiger partial charge in [-0.3, -0.25) is 9.59 Å². The zero-order valence-electron chi connectivity index (χ0n) is 14.5. The molecule has 0 aliphatic rings. The molecule has 3 aromatic rings. The highest BCUT2D eigenvalue weighted by atomic mass is 32.1. The monoisotopic (exact) mass is 371 g/mol. The molecule has 8 heteroatoms. The van der Waals surface area contributed by atoms with E-state index >= 15 is 0 Å². The Kier molecular flexibility index (Phi) is 4.85. The number of ether oxygens (including phenoxy) is 1. The number of fused-ring (bicyclic) bond motifs is 1. The Labute approximate surface area is 153 Å². The summed E-state index contributed by atoms with van der Waals surface area (Å²) < 4.78 is 5.09. The molecule has 0 atom stereocenters. The minimum Gasteiger partial charge on any atom is -0.451 e. The molecule has 2 N–H and O–H groups in total. The third kappa shape index (κ3) is 3.65. The average molecular weight is 371 g/mol. The molecular formula is C18H17N3O4S. The van der Waals surface area contributed by atoms with E-state index in [-0.39, 0.29) is 10.4 Å². The highest BCUT2D eigenvalue weighted by molar-refractivity contribution is 7.20. The molecule has 0 aliphatic heterocycles. The summed E-state index contributed by atoms with van der Waals surface area (Å²) in [7, 11) is 0. The number of rotatable bonds is 4. The quantitative estimate of drug-likeness (QED) is 0.687. The van der Waals surface area contributed by atoms with E-state index in [1.165, 1.54) is 0 Å². The summed E-state index contributed by atoms with van der Waals surface area (Å²) in [5, 5.41) is 3.04. The molecule has 1 amide bonds. The second kappa shape index (κ2) is 7.09. The summed E-state index contributed by atoms with van der Waals surface area (Å²) in [6.07, 6.45) is 0. The molecule has 0 bridgehead atoms. The number of esters is 1. The largest absolute Gasteiger partial charge is 0.451 e. The van der Waals surface area contributed by atoms with Gasteiger partial charge in [0.15, 0.2) is 6.61 Å². The van der Waals surface area contributed by atoms with Crippen LogP contribution >= 0.6 is 11.3 Å². The number of nitrogens with one attached hydrogen (secondary N) is 2. The molecule has 26 heavy (non-hydrogen) atoms. The highest BCUT2D eigenvalue weighted by Gasteiger charge is 2.20. The number of benzene rings is 1. The third-order valence-corrected chi connectivity index (χ3v) is 4.91. The lowest BCUT2D eigenvalue weighted by atomic mass is 10.2. The van der Waals surface area contributed by atoms with E-state index in [0.717, 1.165) is 16.9 Å². The Morgan fingerprint density at radius 2 is 2.04 bits per heavy atom. The Morgan fingerprint density at radius 3 is 2.77 bits per heavy atom. The van der Waals surface area contributed by atoms with Crippen LogP contribution in [0.25, 0.3) is 10.2 Å². The normalized spacial score (nSPS) is 10.7. The second-order valence-electron chi connectivity index (χ2n) is 5.88. The van der Waals surface area contributed by atoms with Gasteiger partial charge in [-0.25, -0.2) is 9.78 Å². The highest BCUT2D eigenvalue weighted by Crippen LogP contribution is 2.27. The number of amides is 1. The first kappa shape index (κ1) is 17.8. The van der Waals surface area contributed by atoms with Crippen molar-refractivity contribution in [3.63, 3.8) is 0 Å². The smallest absolute Gasteiger partial charge is 0.349 e. The second-order valence-corrected chi connectivity index (χ2v) is 6.88. The van der Waals surface area contributed by atoms with Gasteiger partial charge in [-0.05, 0) is 44.0 Å². The van der Waals surface area contributed by atoms with Gasteiger partial charge in [-0.15, -0.1) is 11.3 Å². The number of hydrogen-bond acceptors (Lipinski definition) is 6. The van der Waals surface area contributed by atoms with Crippen molar-refractivity contribution in [1.29, 1.82) is 0 Å². The lowest BCUT2D eigenvalue weighted by molar-refractivity contribution is -0.119. The van der Waals surface area contributed by atoms with Crippen LogP contribution < -0.4 is 10.9 Å². The number of H-pyrrole nitrogens is 1. The Bertz CT molecular complexity index is 1070. The van der Waals surface area contributed by atoms with E-state index in [4.69, 9.17) is 4.74 Å². The Hall–Kier alpha value is -3.00. The fraction of sp³-hybridized carbons (Fsp3) is 0.222. The fourth-order valence-corrected chi connectivity index (χ4v) is 3.68. The number of aromatic nitrogens is 2. The maximum Gasteiger partial charge on any atom is 0.349 e. The van der Waals surface area contributed by atoms with Crippen LogP contribution in [0, 0.1) is 20.8 Å². The molecule has 0 radical (unpaired) electrons. The van der Waals surface area contributed by atoms with Crippen molar-refractivity contribution in [2.24, 2.45) is 0 Å². The molecule has 0 saturated heterocycles. The number of carbonyl (C=O) groups is 2. The van der Waals surface area contributed by atoms with Gasteiger partial charge < -0.3 is 15.0 Å². The predicted octanol–water partition coefficient (Wildman–Crippen LogP) is 2.71. The van der Waals surface area contributed by atoms with E-state index in [1.807, 2.05) is 25.1 Å². The van der Waals surface area contributed by atoms with Crippen LogP contribution in [-0.4, -0.2) is 28.5 Å². The predicted molar refractivity (Wildman–Crippen MR) is 99.8 cm³/mol. The van der Waals surface area contributed by atoms with E-state index in [2.05, 4.69) is 15.3 Å². The van der Waals surface area contributed by atoms with Crippen molar-refractivity contribution in [3.05, 3.63) is 56.4 Å². The molecule has 0 saturated carbocycles. The van der Waals surface area contributed by atoms with Gasteiger partial charge in [0.05, 0.1) is 5.39 Å². The van der Waals surface area contributed by atoms with Crippen molar-refractivity contribution in [2.75, 3.05) is 11.9 Å². The summed E-state index contributed by atoms with van der Waals surface area (Å²) in [6.45, 7) is 4.83. The van der Waals surface area contributed by atoms with Crippen molar-refractivity contribution in [2.45, 2.75) is 20.8 Å². The minimum atomic E-state index is -0.651. The molecule has 7 nitrogen and oxygen atoms in total. The van der Waals surface area contributed by atoms with Gasteiger partial charge >= 0.3 is 5.97 Å². The first-order chi connectivity index (χ1) is 12.3. The molecule has 3 rings (SSSR count). The number of thiophene rings is 1. The first-order valence-electron chi connectivity index (χ1n) is 7.89. The maximum absolute atomic E-state index is 12.3. The van der Waals surface area contributed by atoms with Crippen molar-refractivity contribution in [1.82, 2.24) is 9.97 Å². The minimum absolute atomic E-state index is 0.270. The van der Waals surface area contributed by atoms with Gasteiger partial charge in [0.1, 0.15) is 15.5 Å². The van der Waals surface area contributed by atoms with Crippen LogP contribution in [0.1, 0.15) is 26.6 Å². The van der Waals surface area contributed by atoms with Gasteiger partial charge in [-0.1, -0.05) is 12.1 Å². The average Bonchev–Trinajstić information content (AvgIpc) is 2.89. The van der Waals surface area contributed by atoms with Crippen LogP contribution in [0.4, 0.5) is 5.69 Å². The number of aryl methyl sites for hydroxylation is 3. The van der Waals surface area contributed by atoms with Crippen LogP contribution in [0.5, 0.6) is 0 Å². The van der Waals surface area contributed by atoms with Gasteiger partial charge in [0, 0.05) is 5.69 Å². The number of aromatic amines is 1. The van der Waals surface area contributed by atoms with Gasteiger partial charge in [0.25, 0.3) is 11.5 Å². The topological polar surface area (TPSA) is 101 Å². The summed E-state index contributed by atoms with van der Waals surface area (Å²) in [6, 6.07) is 7.31. The van der Waals surface area contributed by atoms with E-state index in [9.17, 15) is 14.4 Å². The number of hydrogen-bond donors (Lipinski definition) is 2. The summed E-state index contributed by atoms with van der Waals surface area (Å²) in [5.74, 6) is -0.613. The van der Waals surface area contributed by atoms with E-state index < -0.39 is 18.5 Å². The van der Waals surface area contributed by atoms with Crippen LogP contribution in [0.15, 0.2) is 29.1 Å². The van der Waals surface area contributed by atoms with E-state index in [1.54, 1.807) is 19.9 Å². The maximum atomic E-state index is 12.3. The summed E-state index contributed by atoms with van der Waals surface area (Å²) in [4.78, 5) is 43.9. The zero-order valence-corrected chi connectivity index (χ0v) is 15.3. The molecule has 0 fully saturated rings. The number of nitrogens with zero attached hydrogens (tertiary/aromatic N) is 1. The SMILES string of the molecule is Cc1cccc(NC(=O)COC(=O)c2sc3nc(C)[nH]c(=O)c3c2C)c1. The molecule has 2 aromatic heterocycles. The van der Waals surface area contributed by atoms with Gasteiger partial charge in [0.2, 0.25) is 0 Å². The van der Waals surface area contributed by atoms with Crippen molar-refractivity contribution in [3.8, 4) is 0 Å². The molecule has 2 heterocycles. The fourth-order valence-electron chi connectivity index (χ4n) is 2.56. The molecule has 0 spiro atoms. The number of anilines is 1. The molecule has 0 unspecified atom stereocenters. The van der Waals surface area contributed by atoms with Crippen LogP contribution in [0.2, 0.25) is 0 Å². The van der Waals surface area contributed by atoms with Crippen LogP contribution in [0.3, 0.4) is 0 Å². The summed E-state index contributed by atoms with van der Waals surface area (Å²) in [5.41, 5.74) is 1.85. The van der Waals surface area contributed by atoms with Crippen molar-refractivity contribution < 1.29 is 14.3 Å². The first-order valence-corrected chi connectivity index (χ1v) is 8.70. The zero-order chi connectivity index (χ0) is 18.8. The third-order valence-electron chi connectivity index (χ3n) is 3.74. The number of carbonyl (C=O) groups excluding carboxylic acids is 2. The lowest BCUT2D eigenvalue weighted by Crippen LogP contribution is -2.20. The lowest BCUT2D eigenvalue weighted by Gasteiger charge is -2.07. The van der Waals surface area contributed by atoms with Crippen LogP contribution in [-0.2, 0) is 9.53 Å². The molecule has 134 valence electrons. The van der Waals surface area contributed by atoms with E-state index in [0.29, 0.717) is 27.3 Å². The Morgan fingerprint density at radius 1 is 1.27 bits per heavy atom. The molecular weight excluding hydrogens is 354 g/mol. The summed E-state index contributed by atoms with van der Waals surface area (Å²) >= 11 is 1.08. The van der Waals surface area contributed by atoms with Gasteiger partial charge in [-0.2, -0.15) is 0 Å².